The molecule has 1 heterocycles. The molecule has 1 aromatic heterocycles. The molecule has 1 unspecified atom stereocenters. The Bertz CT molecular complexity index is 398. The lowest BCUT2D eigenvalue weighted by Crippen LogP contribution is -2.46. The maximum absolute atomic E-state index is 11.5. The lowest BCUT2D eigenvalue weighted by molar-refractivity contribution is -0.139. The number of thiazole rings is 1. The van der Waals surface area contributed by atoms with Crippen molar-refractivity contribution in [3.63, 3.8) is 0 Å². The molecule has 0 saturated carbocycles. The van der Waals surface area contributed by atoms with Crippen molar-refractivity contribution in [1.82, 2.24) is 15.6 Å². The number of nitrogens with zero attached hydrogens (tertiary/aromatic N) is 1. The Morgan fingerprint density at radius 3 is 2.95 bits per heavy atom. The number of nitrogens with one attached hydrogen (secondary N) is 2. The van der Waals surface area contributed by atoms with Crippen LogP contribution in [0, 0.1) is 0 Å². The van der Waals surface area contributed by atoms with Crippen molar-refractivity contribution in [3.05, 3.63) is 16.6 Å². The van der Waals surface area contributed by atoms with Crippen molar-refractivity contribution in [3.8, 4) is 0 Å². The van der Waals surface area contributed by atoms with Gasteiger partial charge < -0.3 is 15.7 Å². The molecule has 0 bridgehead atoms. The molecule has 0 spiro atoms. The molecule has 0 aromatic carbocycles. The van der Waals surface area contributed by atoms with Gasteiger partial charge in [-0.25, -0.2) is 14.6 Å². The highest BCUT2D eigenvalue weighted by molar-refractivity contribution is 7.98. The number of carbonyl (C=O) groups excluding carboxylic acids is 1. The van der Waals surface area contributed by atoms with E-state index in [1.807, 2.05) is 11.6 Å². The summed E-state index contributed by atoms with van der Waals surface area (Å²) < 4.78 is 0. The molecule has 2 amide bonds. The minimum absolute atomic E-state index is 0.413. The average molecular weight is 303 g/mol. The van der Waals surface area contributed by atoms with E-state index < -0.39 is 18.0 Å². The van der Waals surface area contributed by atoms with Crippen LogP contribution in [0.3, 0.4) is 0 Å². The van der Waals surface area contributed by atoms with Crippen molar-refractivity contribution in [1.29, 1.82) is 0 Å². The predicted octanol–water partition coefficient (Wildman–Crippen LogP) is 1.19. The zero-order chi connectivity index (χ0) is 14.1. The van der Waals surface area contributed by atoms with Gasteiger partial charge in [-0.1, -0.05) is 0 Å². The third-order valence-electron chi connectivity index (χ3n) is 2.32. The molecule has 0 saturated heterocycles. The topological polar surface area (TPSA) is 91.3 Å². The van der Waals surface area contributed by atoms with Crippen LogP contribution in [-0.2, 0) is 11.2 Å². The highest BCUT2D eigenvalue weighted by Gasteiger charge is 2.18. The van der Waals surface area contributed by atoms with Crippen LogP contribution in [0.1, 0.15) is 11.4 Å². The number of thioether (sulfide) groups is 1. The van der Waals surface area contributed by atoms with Crippen molar-refractivity contribution in [2.45, 2.75) is 18.9 Å². The molecule has 1 aromatic rings. The van der Waals surface area contributed by atoms with Gasteiger partial charge in [0.25, 0.3) is 0 Å². The first-order valence-electron chi connectivity index (χ1n) is 5.78. The molecule has 0 fully saturated rings. The van der Waals surface area contributed by atoms with Crippen molar-refractivity contribution in [2.24, 2.45) is 0 Å². The van der Waals surface area contributed by atoms with E-state index in [0.29, 0.717) is 25.1 Å². The molecule has 1 rings (SSSR count). The van der Waals surface area contributed by atoms with Crippen LogP contribution in [0.4, 0.5) is 4.79 Å². The highest BCUT2D eigenvalue weighted by Crippen LogP contribution is 2.03. The summed E-state index contributed by atoms with van der Waals surface area (Å²) in [6.07, 6.45) is 4.67. The van der Waals surface area contributed by atoms with Crippen molar-refractivity contribution < 1.29 is 14.7 Å². The normalized spacial score (nSPS) is 11.8. The van der Waals surface area contributed by atoms with Crippen molar-refractivity contribution >= 4 is 35.1 Å². The molecule has 6 nitrogen and oxygen atoms in total. The van der Waals surface area contributed by atoms with Gasteiger partial charge in [0, 0.05) is 24.5 Å². The molecule has 8 heteroatoms. The standard InChI is InChI=1S/C11H17N3O3S2/c1-18-6-3-8(10(15)16)14-11(17)13-4-2-9-12-5-7-19-9/h5,7-8H,2-4,6H2,1H3,(H,15,16)(H2,13,14,17). The van der Waals surface area contributed by atoms with E-state index >= 15 is 0 Å². The summed E-state index contributed by atoms with van der Waals surface area (Å²) in [6.45, 7) is 0.439. The van der Waals surface area contributed by atoms with Crippen LogP contribution in [-0.4, -0.2) is 46.7 Å². The summed E-state index contributed by atoms with van der Waals surface area (Å²) in [5, 5.41) is 16.9. The lowest BCUT2D eigenvalue weighted by atomic mass is 10.2. The lowest BCUT2D eigenvalue weighted by Gasteiger charge is -2.14. The number of amides is 2. The van der Waals surface area contributed by atoms with Crippen LogP contribution in [0.25, 0.3) is 0 Å². The summed E-state index contributed by atoms with van der Waals surface area (Å²) in [5.41, 5.74) is 0. The Hall–Kier alpha value is -1.28. The molecule has 0 aliphatic carbocycles. The van der Waals surface area contributed by atoms with Gasteiger partial charge in [-0.3, -0.25) is 0 Å². The Balaban J connectivity index is 2.25. The van der Waals surface area contributed by atoms with E-state index in [-0.39, 0.29) is 0 Å². The third-order valence-corrected chi connectivity index (χ3v) is 3.81. The van der Waals surface area contributed by atoms with Crippen LogP contribution >= 0.6 is 23.1 Å². The van der Waals surface area contributed by atoms with Gasteiger partial charge in [0.1, 0.15) is 6.04 Å². The summed E-state index contributed by atoms with van der Waals surface area (Å²) in [7, 11) is 0. The number of rotatable bonds is 8. The Labute approximate surface area is 120 Å². The number of urea groups is 1. The van der Waals surface area contributed by atoms with Gasteiger partial charge in [-0.2, -0.15) is 11.8 Å². The second-order valence-electron chi connectivity index (χ2n) is 3.75. The maximum Gasteiger partial charge on any atom is 0.326 e. The first-order chi connectivity index (χ1) is 9.13. The summed E-state index contributed by atoms with van der Waals surface area (Å²) in [6, 6.07) is -1.29. The molecule has 1 atom stereocenters. The van der Waals surface area contributed by atoms with Crippen LogP contribution in [0.5, 0.6) is 0 Å². The highest BCUT2D eigenvalue weighted by atomic mass is 32.2. The smallest absolute Gasteiger partial charge is 0.326 e. The van der Waals surface area contributed by atoms with Gasteiger partial charge >= 0.3 is 12.0 Å². The zero-order valence-corrected chi connectivity index (χ0v) is 12.2. The second-order valence-corrected chi connectivity index (χ2v) is 5.71. The fourth-order valence-electron chi connectivity index (χ4n) is 1.36. The number of aliphatic carboxylic acids is 1. The number of aromatic nitrogens is 1. The molecule has 19 heavy (non-hydrogen) atoms. The Morgan fingerprint density at radius 2 is 2.37 bits per heavy atom. The summed E-state index contributed by atoms with van der Waals surface area (Å²) >= 11 is 3.07. The van der Waals surface area contributed by atoms with E-state index in [0.717, 1.165) is 5.01 Å². The van der Waals surface area contributed by atoms with Gasteiger partial charge in [0.15, 0.2) is 0 Å². The number of hydrogen-bond donors (Lipinski definition) is 3. The fourth-order valence-corrected chi connectivity index (χ4v) is 2.45. The van der Waals surface area contributed by atoms with Crippen LogP contribution < -0.4 is 10.6 Å². The molecular formula is C11H17N3O3S2. The van der Waals surface area contributed by atoms with E-state index in [1.165, 1.54) is 11.3 Å². The summed E-state index contributed by atoms with van der Waals surface area (Å²) in [4.78, 5) is 26.6. The van der Waals surface area contributed by atoms with Crippen molar-refractivity contribution in [2.75, 3.05) is 18.6 Å². The van der Waals surface area contributed by atoms with Gasteiger partial charge in [-0.05, 0) is 18.4 Å². The SMILES string of the molecule is CSCCC(NC(=O)NCCc1nccs1)C(=O)O. The molecular weight excluding hydrogens is 286 g/mol. The zero-order valence-electron chi connectivity index (χ0n) is 10.6. The minimum Gasteiger partial charge on any atom is -0.480 e. The number of carboxylic acids is 1. The van der Waals surface area contributed by atoms with Gasteiger partial charge in [-0.15, -0.1) is 11.3 Å². The van der Waals surface area contributed by atoms with E-state index in [1.54, 1.807) is 18.0 Å². The summed E-state index contributed by atoms with van der Waals surface area (Å²) in [5.74, 6) is -0.319. The molecule has 3 N–H and O–H groups in total. The number of carboxylic acid groups (broad SMARTS) is 1. The predicted molar refractivity (Wildman–Crippen MR) is 76.8 cm³/mol. The fraction of sp³-hybridized carbons (Fsp3) is 0.545. The Kier molecular flexibility index (Phi) is 7.27. The monoisotopic (exact) mass is 303 g/mol. The molecule has 106 valence electrons. The minimum atomic E-state index is -1.01. The first kappa shape index (κ1) is 15.8. The Morgan fingerprint density at radius 1 is 1.58 bits per heavy atom. The molecule has 0 aliphatic heterocycles. The quantitative estimate of drug-likeness (QED) is 0.671. The van der Waals surface area contributed by atoms with Gasteiger partial charge in [0.2, 0.25) is 0 Å². The average Bonchev–Trinajstić information content (AvgIpc) is 2.87. The number of hydrogen-bond acceptors (Lipinski definition) is 5. The van der Waals surface area contributed by atoms with Crippen LogP contribution in [0.15, 0.2) is 11.6 Å². The van der Waals surface area contributed by atoms with E-state index in [9.17, 15) is 9.59 Å². The van der Waals surface area contributed by atoms with Gasteiger partial charge in [0.05, 0.1) is 5.01 Å². The maximum atomic E-state index is 11.5. The number of carbonyl (C=O) groups is 2. The first-order valence-corrected chi connectivity index (χ1v) is 8.05. The molecule has 0 radical (unpaired) electrons. The molecule has 0 aliphatic rings. The third kappa shape index (κ3) is 6.44. The van der Waals surface area contributed by atoms with E-state index in [2.05, 4.69) is 15.6 Å². The van der Waals surface area contributed by atoms with Crippen LogP contribution in [0.2, 0.25) is 0 Å². The largest absolute Gasteiger partial charge is 0.480 e. The second kappa shape index (κ2) is 8.76. The van der Waals surface area contributed by atoms with E-state index in [4.69, 9.17) is 5.11 Å².